The molecular weight excluding hydrogens is 370 g/mol. The molecule has 0 spiro atoms. The number of nitrogens with zero attached hydrogens (tertiary/aromatic N) is 2. The largest absolute Gasteiger partial charge is 0.481 e. The summed E-state index contributed by atoms with van der Waals surface area (Å²) in [6.45, 7) is 1.65. The predicted octanol–water partition coefficient (Wildman–Crippen LogP) is 4.74. The lowest BCUT2D eigenvalue weighted by Crippen LogP contribution is -2.30. The Morgan fingerprint density at radius 2 is 2.00 bits per heavy atom. The zero-order valence-corrected chi connectivity index (χ0v) is 15.3. The van der Waals surface area contributed by atoms with Crippen molar-refractivity contribution >= 4 is 34.0 Å². The van der Waals surface area contributed by atoms with Crippen LogP contribution in [0, 0.1) is 11.3 Å². The Morgan fingerprint density at radius 3 is 2.69 bits per heavy atom. The Hall–Kier alpha value is -2.88. The number of carbonyl (C=O) groups excluding carboxylic acids is 1. The lowest BCUT2D eigenvalue weighted by molar-refractivity contribution is -0.122. The van der Waals surface area contributed by atoms with Crippen molar-refractivity contribution in [1.29, 1.82) is 5.26 Å². The molecule has 0 bridgehead atoms. The lowest BCUT2D eigenvalue weighted by Gasteiger charge is -2.13. The molecular formula is C19H14ClN3O2S. The molecule has 2 aromatic carbocycles. The number of benzene rings is 2. The smallest absolute Gasteiger partial charge is 0.266 e. The number of amides is 1. The number of thiazole rings is 1. The topological polar surface area (TPSA) is 75.0 Å². The Bertz CT molecular complexity index is 963. The van der Waals surface area contributed by atoms with Crippen molar-refractivity contribution in [1.82, 2.24) is 4.98 Å². The molecule has 0 fully saturated rings. The molecule has 0 saturated heterocycles. The number of nitrogens with one attached hydrogen (secondary N) is 1. The number of halogens is 1. The fourth-order valence-electron chi connectivity index (χ4n) is 2.20. The van der Waals surface area contributed by atoms with Gasteiger partial charge in [0.2, 0.25) is 0 Å². The highest BCUT2D eigenvalue weighted by atomic mass is 35.5. The maximum absolute atomic E-state index is 12.3. The SMILES string of the molecule is CC(Oc1ccc(C#N)cc1)C(=O)Nc1nc(-c2ccccc2Cl)cs1. The number of aromatic nitrogens is 1. The lowest BCUT2D eigenvalue weighted by atomic mass is 10.2. The Morgan fingerprint density at radius 1 is 1.27 bits per heavy atom. The van der Waals surface area contributed by atoms with Crippen LogP contribution in [0.4, 0.5) is 5.13 Å². The van der Waals surface area contributed by atoms with Crippen LogP contribution in [0.25, 0.3) is 11.3 Å². The van der Waals surface area contributed by atoms with Crippen LogP contribution in [0.5, 0.6) is 5.75 Å². The van der Waals surface area contributed by atoms with Gasteiger partial charge in [0.15, 0.2) is 11.2 Å². The second kappa shape index (κ2) is 8.00. The third-order valence-electron chi connectivity index (χ3n) is 3.55. The fourth-order valence-corrected chi connectivity index (χ4v) is 3.14. The van der Waals surface area contributed by atoms with Gasteiger partial charge >= 0.3 is 0 Å². The predicted molar refractivity (Wildman–Crippen MR) is 102 cm³/mol. The highest BCUT2D eigenvalue weighted by Crippen LogP contribution is 2.30. The van der Waals surface area contributed by atoms with E-state index in [0.717, 1.165) is 5.56 Å². The summed E-state index contributed by atoms with van der Waals surface area (Å²) in [5.41, 5.74) is 2.05. The van der Waals surface area contributed by atoms with Crippen LogP contribution in [0.1, 0.15) is 12.5 Å². The molecule has 1 unspecified atom stereocenters. The number of anilines is 1. The molecule has 1 amide bonds. The minimum Gasteiger partial charge on any atom is -0.481 e. The van der Waals surface area contributed by atoms with E-state index in [1.165, 1.54) is 11.3 Å². The third-order valence-corrected chi connectivity index (χ3v) is 4.64. The highest BCUT2D eigenvalue weighted by molar-refractivity contribution is 7.14. The van der Waals surface area contributed by atoms with E-state index in [1.54, 1.807) is 37.3 Å². The number of nitriles is 1. The molecule has 130 valence electrons. The molecule has 0 aliphatic heterocycles. The first kappa shape index (κ1) is 17.9. The quantitative estimate of drug-likeness (QED) is 0.690. The van der Waals surface area contributed by atoms with Crippen LogP contribution in [0.15, 0.2) is 53.9 Å². The van der Waals surface area contributed by atoms with Crippen molar-refractivity contribution < 1.29 is 9.53 Å². The van der Waals surface area contributed by atoms with Gasteiger partial charge in [-0.15, -0.1) is 11.3 Å². The first-order valence-corrected chi connectivity index (χ1v) is 9.00. The fraction of sp³-hybridized carbons (Fsp3) is 0.105. The van der Waals surface area contributed by atoms with E-state index in [9.17, 15) is 4.79 Å². The summed E-state index contributed by atoms with van der Waals surface area (Å²) in [4.78, 5) is 16.7. The van der Waals surface area contributed by atoms with Gasteiger partial charge in [-0.3, -0.25) is 10.1 Å². The van der Waals surface area contributed by atoms with Gasteiger partial charge in [0.25, 0.3) is 5.91 Å². The Balaban J connectivity index is 1.64. The van der Waals surface area contributed by atoms with Crippen molar-refractivity contribution in [2.75, 3.05) is 5.32 Å². The number of hydrogen-bond donors (Lipinski definition) is 1. The molecule has 0 radical (unpaired) electrons. The Labute approximate surface area is 159 Å². The summed E-state index contributed by atoms with van der Waals surface area (Å²) in [5.74, 6) is 0.206. The van der Waals surface area contributed by atoms with Crippen molar-refractivity contribution in [2.45, 2.75) is 13.0 Å². The summed E-state index contributed by atoms with van der Waals surface area (Å²) >= 11 is 7.49. The number of ether oxygens (including phenoxy) is 1. The van der Waals surface area contributed by atoms with Gasteiger partial charge in [-0.2, -0.15) is 5.26 Å². The van der Waals surface area contributed by atoms with Crippen LogP contribution >= 0.6 is 22.9 Å². The van der Waals surface area contributed by atoms with E-state index in [4.69, 9.17) is 21.6 Å². The maximum atomic E-state index is 12.3. The molecule has 1 aromatic heterocycles. The van der Waals surface area contributed by atoms with Crippen molar-refractivity contribution in [2.24, 2.45) is 0 Å². The summed E-state index contributed by atoms with van der Waals surface area (Å²) in [7, 11) is 0. The molecule has 0 aliphatic carbocycles. The molecule has 0 aliphatic rings. The van der Waals surface area contributed by atoms with E-state index in [2.05, 4.69) is 10.3 Å². The standard InChI is InChI=1S/C19H14ClN3O2S/c1-12(25-14-8-6-13(10-21)7-9-14)18(24)23-19-22-17(11-26-19)15-4-2-3-5-16(15)20/h2-9,11-12H,1H3,(H,22,23,24). The van der Waals surface area contributed by atoms with Crippen molar-refractivity contribution in [3.8, 4) is 23.1 Å². The van der Waals surface area contributed by atoms with Crippen LogP contribution in [-0.2, 0) is 4.79 Å². The van der Waals surface area contributed by atoms with Crippen LogP contribution in [0.3, 0.4) is 0 Å². The first-order valence-electron chi connectivity index (χ1n) is 7.75. The van der Waals surface area contributed by atoms with Crippen LogP contribution < -0.4 is 10.1 Å². The van der Waals surface area contributed by atoms with Gasteiger partial charge in [0.05, 0.1) is 17.3 Å². The molecule has 1 atom stereocenters. The third kappa shape index (κ3) is 4.20. The molecule has 3 aromatic rings. The van der Waals surface area contributed by atoms with E-state index in [1.807, 2.05) is 29.6 Å². The molecule has 3 rings (SSSR count). The summed E-state index contributed by atoms with van der Waals surface area (Å²) in [5, 5.41) is 14.5. The summed E-state index contributed by atoms with van der Waals surface area (Å²) in [6, 6.07) is 16.0. The average Bonchev–Trinajstić information content (AvgIpc) is 3.11. The van der Waals surface area contributed by atoms with E-state index in [0.29, 0.717) is 27.2 Å². The Kier molecular flexibility index (Phi) is 5.52. The highest BCUT2D eigenvalue weighted by Gasteiger charge is 2.17. The molecule has 1 heterocycles. The zero-order chi connectivity index (χ0) is 18.5. The van der Waals surface area contributed by atoms with E-state index in [-0.39, 0.29) is 5.91 Å². The van der Waals surface area contributed by atoms with Gasteiger partial charge in [-0.05, 0) is 37.3 Å². The minimum atomic E-state index is -0.712. The van der Waals surface area contributed by atoms with Crippen LogP contribution in [0.2, 0.25) is 5.02 Å². The zero-order valence-electron chi connectivity index (χ0n) is 13.8. The number of hydrogen-bond acceptors (Lipinski definition) is 5. The number of rotatable bonds is 5. The normalized spacial score (nSPS) is 11.4. The second-order valence-electron chi connectivity index (χ2n) is 5.40. The van der Waals surface area contributed by atoms with Gasteiger partial charge in [-0.25, -0.2) is 4.98 Å². The van der Waals surface area contributed by atoms with Crippen molar-refractivity contribution in [3.05, 3.63) is 64.5 Å². The van der Waals surface area contributed by atoms with E-state index < -0.39 is 6.10 Å². The van der Waals surface area contributed by atoms with Gasteiger partial charge < -0.3 is 4.74 Å². The molecule has 1 N–H and O–H groups in total. The molecule has 26 heavy (non-hydrogen) atoms. The maximum Gasteiger partial charge on any atom is 0.266 e. The summed E-state index contributed by atoms with van der Waals surface area (Å²) < 4.78 is 5.59. The number of carbonyl (C=O) groups is 1. The van der Waals surface area contributed by atoms with Gasteiger partial charge in [0.1, 0.15) is 5.75 Å². The van der Waals surface area contributed by atoms with Gasteiger partial charge in [-0.1, -0.05) is 29.8 Å². The molecule has 0 saturated carbocycles. The second-order valence-corrected chi connectivity index (χ2v) is 6.67. The average molecular weight is 384 g/mol. The molecule has 7 heteroatoms. The first-order chi connectivity index (χ1) is 12.6. The molecule has 5 nitrogen and oxygen atoms in total. The van der Waals surface area contributed by atoms with Crippen LogP contribution in [-0.4, -0.2) is 17.0 Å². The monoisotopic (exact) mass is 383 g/mol. The summed E-state index contributed by atoms with van der Waals surface area (Å²) in [6.07, 6.45) is -0.712. The van der Waals surface area contributed by atoms with Crippen molar-refractivity contribution in [3.63, 3.8) is 0 Å². The van der Waals surface area contributed by atoms with Gasteiger partial charge in [0, 0.05) is 16.0 Å². The minimum absolute atomic E-state index is 0.311. The van der Waals surface area contributed by atoms with E-state index >= 15 is 0 Å².